The smallest absolute Gasteiger partial charge is 0.325 e. The molecule has 2 amide bonds. The fourth-order valence-electron chi connectivity index (χ4n) is 1.39. The van der Waals surface area contributed by atoms with E-state index in [2.05, 4.69) is 20.8 Å². The molecule has 1 heterocycles. The molecule has 0 saturated carbocycles. The minimum Gasteiger partial charge on any atom is -0.411 e. The maximum atomic E-state index is 13.4. The summed E-state index contributed by atoms with van der Waals surface area (Å²) in [5.74, 6) is -1.62. The number of benzene rings is 1. The molecule has 0 aliphatic carbocycles. The van der Waals surface area contributed by atoms with Crippen LogP contribution in [0.5, 0.6) is 0 Å². The minimum atomic E-state index is -0.881. The molecule has 0 unspecified atom stereocenters. The number of thiazole rings is 1. The van der Waals surface area contributed by atoms with Gasteiger partial charge in [-0.25, -0.2) is 18.6 Å². The third-order valence-corrected chi connectivity index (χ3v) is 3.18. The van der Waals surface area contributed by atoms with Crippen molar-refractivity contribution < 1.29 is 18.8 Å². The Morgan fingerprint density at radius 3 is 2.81 bits per heavy atom. The zero-order chi connectivity index (χ0) is 15.4. The number of amides is 2. The summed E-state index contributed by atoms with van der Waals surface area (Å²) < 4.78 is 26.1. The van der Waals surface area contributed by atoms with E-state index < -0.39 is 17.7 Å². The largest absolute Gasteiger partial charge is 0.411 e. The second kappa shape index (κ2) is 6.27. The van der Waals surface area contributed by atoms with Crippen molar-refractivity contribution in [1.82, 2.24) is 4.98 Å². The van der Waals surface area contributed by atoms with Gasteiger partial charge in [-0.1, -0.05) is 5.16 Å². The summed E-state index contributed by atoms with van der Waals surface area (Å²) in [5, 5.41) is 18.0. The first kappa shape index (κ1) is 14.9. The van der Waals surface area contributed by atoms with Crippen LogP contribution in [0.1, 0.15) is 12.6 Å². The van der Waals surface area contributed by atoms with Crippen molar-refractivity contribution in [2.24, 2.45) is 5.16 Å². The molecule has 0 aliphatic rings. The van der Waals surface area contributed by atoms with Crippen LogP contribution >= 0.6 is 11.3 Å². The number of hydrogen-bond acceptors (Lipinski definition) is 5. The number of oxime groups is 1. The molecule has 3 N–H and O–H groups in total. The molecule has 21 heavy (non-hydrogen) atoms. The predicted molar refractivity (Wildman–Crippen MR) is 75.1 cm³/mol. The number of hydrogen-bond donors (Lipinski definition) is 3. The SMILES string of the molecule is CC(=NO)c1csc(NC(=O)Nc2ccc(F)cc2F)n1. The fourth-order valence-corrected chi connectivity index (χ4v) is 2.14. The first-order valence-corrected chi connectivity index (χ1v) is 6.55. The van der Waals surface area contributed by atoms with Crippen molar-refractivity contribution in [1.29, 1.82) is 0 Å². The highest BCUT2D eigenvalue weighted by Crippen LogP contribution is 2.18. The zero-order valence-electron chi connectivity index (χ0n) is 10.7. The second-order valence-electron chi connectivity index (χ2n) is 3.93. The molecule has 6 nitrogen and oxygen atoms in total. The lowest BCUT2D eigenvalue weighted by Crippen LogP contribution is -2.20. The first-order valence-electron chi connectivity index (χ1n) is 5.67. The summed E-state index contributed by atoms with van der Waals surface area (Å²) >= 11 is 1.11. The van der Waals surface area contributed by atoms with E-state index in [4.69, 9.17) is 5.21 Å². The maximum absolute atomic E-state index is 13.4. The van der Waals surface area contributed by atoms with Gasteiger partial charge in [0, 0.05) is 11.4 Å². The number of carbonyl (C=O) groups is 1. The quantitative estimate of drug-likeness (QED) is 0.462. The molecular formula is C12H10F2N4O2S. The van der Waals surface area contributed by atoms with E-state index in [0.29, 0.717) is 17.5 Å². The van der Waals surface area contributed by atoms with E-state index in [1.807, 2.05) is 0 Å². The average molecular weight is 312 g/mol. The Balaban J connectivity index is 2.03. The highest BCUT2D eigenvalue weighted by atomic mass is 32.1. The molecule has 1 aromatic heterocycles. The fraction of sp³-hybridized carbons (Fsp3) is 0.0833. The molecule has 0 atom stereocenters. The van der Waals surface area contributed by atoms with Crippen molar-refractivity contribution in [2.75, 3.05) is 10.6 Å². The van der Waals surface area contributed by atoms with Crippen molar-refractivity contribution in [2.45, 2.75) is 6.92 Å². The number of carbonyl (C=O) groups excluding carboxylic acids is 1. The summed E-state index contributed by atoms with van der Waals surface area (Å²) in [4.78, 5) is 15.7. The van der Waals surface area contributed by atoms with Gasteiger partial charge in [-0.2, -0.15) is 0 Å². The number of nitrogens with one attached hydrogen (secondary N) is 2. The number of anilines is 2. The predicted octanol–water partition coefficient (Wildman–Crippen LogP) is 3.26. The molecule has 9 heteroatoms. The topological polar surface area (TPSA) is 86.6 Å². The average Bonchev–Trinajstić information content (AvgIpc) is 2.89. The summed E-state index contributed by atoms with van der Waals surface area (Å²) in [7, 11) is 0. The molecule has 0 bridgehead atoms. The van der Waals surface area contributed by atoms with Crippen LogP contribution in [-0.4, -0.2) is 21.9 Å². The standard InChI is InChI=1S/C12H10F2N4O2S/c1-6(18-20)10-5-21-12(16-10)17-11(19)15-9-3-2-7(13)4-8(9)14/h2-5,20H,1H3,(H2,15,16,17,19). The minimum absolute atomic E-state index is 0.154. The number of nitrogens with zero attached hydrogens (tertiary/aromatic N) is 2. The van der Waals surface area contributed by atoms with Crippen LogP contribution in [0, 0.1) is 11.6 Å². The molecule has 110 valence electrons. The Morgan fingerprint density at radius 1 is 1.38 bits per heavy atom. The Morgan fingerprint density at radius 2 is 2.14 bits per heavy atom. The van der Waals surface area contributed by atoms with E-state index in [0.717, 1.165) is 23.5 Å². The van der Waals surface area contributed by atoms with Crippen molar-refractivity contribution >= 4 is 33.9 Å². The number of aromatic nitrogens is 1. The molecule has 1 aromatic carbocycles. The van der Waals surface area contributed by atoms with Gasteiger partial charge in [-0.15, -0.1) is 11.3 Å². The van der Waals surface area contributed by atoms with Crippen LogP contribution in [-0.2, 0) is 0 Å². The third-order valence-electron chi connectivity index (χ3n) is 2.42. The van der Waals surface area contributed by atoms with Gasteiger partial charge in [-0.3, -0.25) is 5.32 Å². The molecular weight excluding hydrogens is 302 g/mol. The lowest BCUT2D eigenvalue weighted by Gasteiger charge is -2.06. The van der Waals surface area contributed by atoms with Gasteiger partial charge in [0.15, 0.2) is 5.13 Å². The Hall–Kier alpha value is -2.55. The van der Waals surface area contributed by atoms with Crippen LogP contribution in [0.25, 0.3) is 0 Å². The van der Waals surface area contributed by atoms with Crippen LogP contribution in [0.15, 0.2) is 28.7 Å². The van der Waals surface area contributed by atoms with Gasteiger partial charge in [0.05, 0.1) is 5.69 Å². The highest BCUT2D eigenvalue weighted by Gasteiger charge is 2.11. The molecule has 0 saturated heterocycles. The van der Waals surface area contributed by atoms with E-state index in [9.17, 15) is 13.6 Å². The molecule has 0 fully saturated rings. The van der Waals surface area contributed by atoms with Crippen LogP contribution in [0.3, 0.4) is 0 Å². The third kappa shape index (κ3) is 3.72. The van der Waals surface area contributed by atoms with Gasteiger partial charge in [0.25, 0.3) is 0 Å². The summed E-state index contributed by atoms with van der Waals surface area (Å²) in [6, 6.07) is 2.08. The summed E-state index contributed by atoms with van der Waals surface area (Å²) in [6.07, 6.45) is 0. The lowest BCUT2D eigenvalue weighted by atomic mass is 10.3. The normalized spacial score (nSPS) is 11.3. The van der Waals surface area contributed by atoms with E-state index in [1.165, 1.54) is 0 Å². The van der Waals surface area contributed by atoms with Crippen molar-refractivity contribution in [3.05, 3.63) is 40.9 Å². The Bertz CT molecular complexity index is 702. The lowest BCUT2D eigenvalue weighted by molar-refractivity contribution is 0.262. The number of urea groups is 1. The molecule has 2 aromatic rings. The van der Waals surface area contributed by atoms with E-state index in [1.54, 1.807) is 12.3 Å². The number of halogens is 2. The monoisotopic (exact) mass is 312 g/mol. The molecule has 0 aliphatic heterocycles. The van der Waals surface area contributed by atoms with Crippen LogP contribution < -0.4 is 10.6 Å². The highest BCUT2D eigenvalue weighted by molar-refractivity contribution is 7.14. The van der Waals surface area contributed by atoms with Gasteiger partial charge >= 0.3 is 6.03 Å². The van der Waals surface area contributed by atoms with Crippen LogP contribution in [0.2, 0.25) is 0 Å². The summed E-state index contributed by atoms with van der Waals surface area (Å²) in [5.41, 5.74) is 0.550. The molecule has 0 radical (unpaired) electrons. The Labute approximate surface area is 122 Å². The van der Waals surface area contributed by atoms with Gasteiger partial charge in [0.1, 0.15) is 23.0 Å². The molecule has 2 rings (SSSR count). The maximum Gasteiger partial charge on any atom is 0.325 e. The van der Waals surface area contributed by atoms with Crippen LogP contribution in [0.4, 0.5) is 24.4 Å². The van der Waals surface area contributed by atoms with Gasteiger partial charge in [-0.05, 0) is 19.1 Å². The van der Waals surface area contributed by atoms with E-state index in [-0.39, 0.29) is 10.8 Å². The van der Waals surface area contributed by atoms with Gasteiger partial charge < -0.3 is 10.5 Å². The second-order valence-corrected chi connectivity index (χ2v) is 4.78. The van der Waals surface area contributed by atoms with Gasteiger partial charge in [0.2, 0.25) is 0 Å². The zero-order valence-corrected chi connectivity index (χ0v) is 11.5. The molecule has 0 spiro atoms. The van der Waals surface area contributed by atoms with Crippen molar-refractivity contribution in [3.63, 3.8) is 0 Å². The first-order chi connectivity index (χ1) is 9.99. The number of rotatable bonds is 3. The summed E-state index contributed by atoms with van der Waals surface area (Å²) in [6.45, 7) is 1.55. The van der Waals surface area contributed by atoms with E-state index >= 15 is 0 Å². The van der Waals surface area contributed by atoms with Crippen molar-refractivity contribution in [3.8, 4) is 0 Å². The Kier molecular flexibility index (Phi) is 4.43.